The molecule has 0 unspecified atom stereocenters. The van der Waals surface area contributed by atoms with Crippen LogP contribution in [0.2, 0.25) is 10.0 Å². The van der Waals surface area contributed by atoms with E-state index in [2.05, 4.69) is 4.99 Å². The van der Waals surface area contributed by atoms with Crippen LogP contribution < -0.4 is 9.47 Å². The molecule has 0 radical (unpaired) electrons. The van der Waals surface area contributed by atoms with Crippen molar-refractivity contribution in [1.82, 2.24) is 0 Å². The number of hydrogen-bond donors (Lipinski definition) is 1. The highest BCUT2D eigenvalue weighted by atomic mass is 35.5. The molecule has 1 N–H and O–H groups in total. The summed E-state index contributed by atoms with van der Waals surface area (Å²) in [5.74, 6) is -0.910. The van der Waals surface area contributed by atoms with Gasteiger partial charge >= 0.3 is 5.97 Å². The first-order valence-electron chi connectivity index (χ1n) is 12.7. The predicted octanol–water partition coefficient (Wildman–Crippen LogP) is 7.98. The summed E-state index contributed by atoms with van der Waals surface area (Å²) in [6.45, 7) is 6.08. The number of aliphatic hydroxyl groups excluding tert-OH is 1. The second-order valence-electron chi connectivity index (χ2n) is 8.82. The molecule has 10 heteroatoms. The van der Waals surface area contributed by atoms with Crippen LogP contribution in [-0.4, -0.2) is 35.2 Å². The van der Waals surface area contributed by atoms with Gasteiger partial charge in [0.1, 0.15) is 23.0 Å². The number of thioether (sulfide) groups is 1. The van der Waals surface area contributed by atoms with Crippen LogP contribution in [0.1, 0.15) is 40.9 Å². The third-order valence-corrected chi connectivity index (χ3v) is 7.35. The van der Waals surface area contributed by atoms with Gasteiger partial charge in [-0.3, -0.25) is 4.79 Å². The van der Waals surface area contributed by atoms with Gasteiger partial charge in [0.15, 0.2) is 11.5 Å². The van der Waals surface area contributed by atoms with E-state index >= 15 is 0 Å². The van der Waals surface area contributed by atoms with Gasteiger partial charge in [-0.1, -0.05) is 64.8 Å². The zero-order valence-electron chi connectivity index (χ0n) is 22.6. The molecule has 1 aliphatic rings. The van der Waals surface area contributed by atoms with Crippen molar-refractivity contribution in [3.05, 3.63) is 109 Å². The molecule has 1 aliphatic heterocycles. The van der Waals surface area contributed by atoms with Crippen molar-refractivity contribution in [2.24, 2.45) is 4.99 Å². The number of nitrogens with zero attached hydrogens (tertiary/aromatic N) is 1. The molecule has 0 aromatic heterocycles. The molecule has 3 aromatic rings. The quantitative estimate of drug-likeness (QED) is 0.245. The van der Waals surface area contributed by atoms with Gasteiger partial charge in [-0.15, -0.1) is 0 Å². The van der Waals surface area contributed by atoms with Crippen molar-refractivity contribution in [3.63, 3.8) is 0 Å². The highest BCUT2D eigenvalue weighted by Crippen LogP contribution is 2.42. The average Bonchev–Trinajstić information content (AvgIpc) is 3.23. The van der Waals surface area contributed by atoms with Crippen molar-refractivity contribution in [3.8, 4) is 11.5 Å². The maximum absolute atomic E-state index is 12.9. The smallest absolute Gasteiger partial charge is 0.344 e. The number of hydrogen-bond acceptors (Lipinski definition) is 7. The average molecular weight is 613 g/mol. The summed E-state index contributed by atoms with van der Waals surface area (Å²) in [6, 6.07) is 17.5. The van der Waals surface area contributed by atoms with Gasteiger partial charge < -0.3 is 19.3 Å². The maximum Gasteiger partial charge on any atom is 0.344 e. The monoisotopic (exact) mass is 611 g/mol. The van der Waals surface area contributed by atoms with E-state index in [1.165, 1.54) is 0 Å². The lowest BCUT2D eigenvalue weighted by Crippen LogP contribution is -2.14. The van der Waals surface area contributed by atoms with Gasteiger partial charge in [0, 0.05) is 10.6 Å². The molecule has 0 saturated carbocycles. The van der Waals surface area contributed by atoms with E-state index in [-0.39, 0.29) is 39.5 Å². The summed E-state index contributed by atoms with van der Waals surface area (Å²) >= 11 is 13.5. The van der Waals surface area contributed by atoms with E-state index < -0.39 is 11.9 Å². The number of aliphatic imine (C=N–C) groups is 1. The lowest BCUT2D eigenvalue weighted by atomic mass is 10.1. The van der Waals surface area contributed by atoms with Crippen molar-refractivity contribution in [1.29, 1.82) is 0 Å². The molecule has 1 heterocycles. The Morgan fingerprint density at radius 2 is 1.68 bits per heavy atom. The molecular weight excluding hydrogens is 585 g/mol. The van der Waals surface area contributed by atoms with Crippen LogP contribution in [0.5, 0.6) is 11.5 Å². The number of carbonyl (C=O) groups is 2. The third-order valence-electron chi connectivity index (χ3n) is 5.80. The van der Waals surface area contributed by atoms with E-state index in [1.807, 2.05) is 26.0 Å². The molecule has 0 fully saturated rings. The maximum atomic E-state index is 12.9. The number of rotatable bonds is 9. The number of benzene rings is 3. The number of esters is 1. The first kappa shape index (κ1) is 30.2. The molecule has 7 nitrogen and oxygen atoms in total. The molecule has 0 aliphatic carbocycles. The fourth-order valence-corrected chi connectivity index (χ4v) is 5.22. The van der Waals surface area contributed by atoms with Crippen molar-refractivity contribution < 1.29 is 28.9 Å². The second-order valence-corrected chi connectivity index (χ2v) is 10.7. The van der Waals surface area contributed by atoms with Gasteiger partial charge in [0.05, 0.1) is 23.1 Å². The number of ether oxygens (including phenoxy) is 3. The van der Waals surface area contributed by atoms with Crippen LogP contribution in [0, 0.1) is 6.92 Å². The molecule has 0 bridgehead atoms. The summed E-state index contributed by atoms with van der Waals surface area (Å²) in [6.07, 6.45) is 1.62. The summed E-state index contributed by atoms with van der Waals surface area (Å²) in [5, 5.41) is 12.0. The Bertz CT molecular complexity index is 1550. The van der Waals surface area contributed by atoms with Crippen LogP contribution in [0.25, 0.3) is 6.08 Å². The molecular formula is C31H27Cl2NO6S. The van der Waals surface area contributed by atoms with Crippen molar-refractivity contribution in [2.45, 2.75) is 27.4 Å². The largest absolute Gasteiger partial charge is 0.506 e. The van der Waals surface area contributed by atoms with Gasteiger partial charge in [-0.2, -0.15) is 0 Å². The molecule has 0 spiro atoms. The molecule has 3 aromatic carbocycles. The zero-order valence-corrected chi connectivity index (χ0v) is 24.9. The molecule has 1 amide bonds. The highest BCUT2D eigenvalue weighted by molar-refractivity contribution is 8.18. The van der Waals surface area contributed by atoms with Crippen LogP contribution >= 0.6 is 35.0 Å². The summed E-state index contributed by atoms with van der Waals surface area (Å²) in [7, 11) is 0. The zero-order chi connectivity index (χ0) is 29.5. The fourth-order valence-electron chi connectivity index (χ4n) is 3.81. The third kappa shape index (κ3) is 7.52. The number of halogens is 2. The van der Waals surface area contributed by atoms with E-state index in [1.54, 1.807) is 61.5 Å². The molecule has 41 heavy (non-hydrogen) atoms. The molecule has 0 atom stereocenters. The number of aryl methyl sites for hydroxylation is 1. The lowest BCUT2D eigenvalue weighted by Gasteiger charge is -2.15. The van der Waals surface area contributed by atoms with E-state index in [0.29, 0.717) is 34.3 Å². The Balaban J connectivity index is 1.67. The first-order chi connectivity index (χ1) is 19.7. The van der Waals surface area contributed by atoms with Gasteiger partial charge in [-0.05, 0) is 74.4 Å². The molecule has 4 rings (SSSR count). The minimum absolute atomic E-state index is 0.0387. The first-order valence-corrected chi connectivity index (χ1v) is 14.3. The summed E-state index contributed by atoms with van der Waals surface area (Å²) in [5.41, 5.74) is 2.63. The lowest BCUT2D eigenvalue weighted by molar-refractivity contribution is -0.138. The van der Waals surface area contributed by atoms with Crippen molar-refractivity contribution in [2.75, 3.05) is 13.2 Å². The normalized spacial score (nSPS) is 15.0. The Morgan fingerprint density at radius 1 is 0.976 bits per heavy atom. The Kier molecular flexibility index (Phi) is 10.2. The topological polar surface area (TPSA) is 94.4 Å². The second kappa shape index (κ2) is 13.8. The van der Waals surface area contributed by atoms with Crippen molar-refractivity contribution >= 4 is 58.0 Å². The van der Waals surface area contributed by atoms with E-state index in [9.17, 15) is 14.7 Å². The minimum Gasteiger partial charge on any atom is -0.506 e. The Morgan fingerprint density at radius 3 is 2.34 bits per heavy atom. The predicted molar refractivity (Wildman–Crippen MR) is 163 cm³/mol. The number of aliphatic hydroxyl groups is 1. The summed E-state index contributed by atoms with van der Waals surface area (Å²) in [4.78, 5) is 30.0. The van der Waals surface area contributed by atoms with Crippen LogP contribution in [-0.2, 0) is 16.1 Å². The van der Waals surface area contributed by atoms with Crippen LogP contribution in [0.15, 0.2) is 81.9 Å². The highest BCUT2D eigenvalue weighted by Gasteiger charge is 2.34. The minimum atomic E-state index is -0.782. The Hall–Kier alpha value is -3.72. The van der Waals surface area contributed by atoms with Gasteiger partial charge in [0.25, 0.3) is 5.91 Å². The molecule has 0 saturated heterocycles. The SMILES string of the molecule is CCOC(=O)C1=C(O)/C(=C/c2cc(Cl)c(OCc3ccc(Cl)cc3)c(OCC)c2)SC1=NC(=O)c1ccc(C)cc1. The number of carbonyl (C=O) groups excluding carboxylic acids is 2. The van der Waals surface area contributed by atoms with Crippen LogP contribution in [0.3, 0.4) is 0 Å². The van der Waals surface area contributed by atoms with Crippen LogP contribution in [0.4, 0.5) is 0 Å². The standard InChI is InChI=1S/C31H27Cl2NO6S/c1-4-38-24-15-20(14-23(33)28(24)40-17-19-8-12-22(32)13-9-19)16-25-27(35)26(31(37)39-5-2)30(41-25)34-29(36)21-10-6-18(3)7-11-21/h6-16,35H,4-5,17H2,1-3H3/b25-16-,34-30?. The Labute approximate surface area is 252 Å². The van der Waals surface area contributed by atoms with E-state index in [0.717, 1.165) is 22.9 Å². The van der Waals surface area contributed by atoms with Gasteiger partial charge in [-0.25, -0.2) is 9.79 Å². The van der Waals surface area contributed by atoms with E-state index in [4.69, 9.17) is 37.4 Å². The molecule has 212 valence electrons. The summed E-state index contributed by atoms with van der Waals surface area (Å²) < 4.78 is 16.9. The number of amides is 1. The van der Waals surface area contributed by atoms with Gasteiger partial charge in [0.2, 0.25) is 0 Å². The fraction of sp³-hybridized carbons (Fsp3) is 0.194.